The van der Waals surface area contributed by atoms with Crippen molar-refractivity contribution in [1.82, 2.24) is 4.98 Å². The number of thioether (sulfide) groups is 1. The van der Waals surface area contributed by atoms with E-state index in [0.717, 1.165) is 32.5 Å². The van der Waals surface area contributed by atoms with Gasteiger partial charge in [0.2, 0.25) is 0 Å². The van der Waals surface area contributed by atoms with Crippen LogP contribution in [0.2, 0.25) is 5.02 Å². The molecule has 4 heteroatoms. The number of halogens is 1. The molecule has 2 aromatic carbocycles. The standard InChI is InChI=1S/C15H13ClN2S/c1-10-6-7-13-14(8-10)18-15(17-13)19-9-11-4-2-3-5-12(11)16/h2-8H,9H2,1H3,(H,17,18)/p+1. The Morgan fingerprint density at radius 2 is 2.05 bits per heavy atom. The number of rotatable bonds is 3. The summed E-state index contributed by atoms with van der Waals surface area (Å²) in [5, 5.41) is 1.88. The second kappa shape index (κ2) is 5.27. The van der Waals surface area contributed by atoms with Gasteiger partial charge < -0.3 is 0 Å². The third-order valence-electron chi connectivity index (χ3n) is 3.00. The third kappa shape index (κ3) is 2.77. The number of benzene rings is 2. The molecule has 96 valence electrons. The van der Waals surface area contributed by atoms with Crippen LogP contribution in [0.25, 0.3) is 11.0 Å². The number of hydrogen-bond donors (Lipinski definition) is 1. The summed E-state index contributed by atoms with van der Waals surface area (Å²) in [7, 11) is 0. The lowest BCUT2D eigenvalue weighted by atomic mass is 10.2. The predicted molar refractivity (Wildman–Crippen MR) is 80.6 cm³/mol. The first-order valence-corrected chi connectivity index (χ1v) is 7.46. The molecule has 0 spiro atoms. The molecule has 3 aromatic rings. The van der Waals surface area contributed by atoms with Crippen LogP contribution in [0.1, 0.15) is 11.1 Å². The molecule has 0 fully saturated rings. The van der Waals surface area contributed by atoms with Crippen molar-refractivity contribution >= 4 is 34.4 Å². The number of hydrogen-bond acceptors (Lipinski definition) is 1. The molecule has 19 heavy (non-hydrogen) atoms. The average molecular weight is 290 g/mol. The quantitative estimate of drug-likeness (QED) is 0.718. The molecule has 0 aliphatic rings. The zero-order valence-corrected chi connectivity index (χ0v) is 12.1. The van der Waals surface area contributed by atoms with Crippen LogP contribution in [0, 0.1) is 6.92 Å². The zero-order chi connectivity index (χ0) is 13.2. The summed E-state index contributed by atoms with van der Waals surface area (Å²) in [6.07, 6.45) is 0. The number of aromatic nitrogens is 2. The highest BCUT2D eigenvalue weighted by Gasteiger charge is 2.11. The van der Waals surface area contributed by atoms with Crippen molar-refractivity contribution in [1.29, 1.82) is 0 Å². The topological polar surface area (TPSA) is 29.9 Å². The van der Waals surface area contributed by atoms with Gasteiger partial charge in [0, 0.05) is 10.8 Å². The van der Waals surface area contributed by atoms with Crippen molar-refractivity contribution in [3.05, 3.63) is 58.6 Å². The maximum Gasteiger partial charge on any atom is 0.314 e. The molecule has 0 amide bonds. The van der Waals surface area contributed by atoms with Crippen LogP contribution in [0.3, 0.4) is 0 Å². The normalized spacial score (nSPS) is 11.1. The SMILES string of the molecule is Cc1ccc2[nH+]c(SCc3ccccc3Cl)[nH]c2c1. The van der Waals surface area contributed by atoms with E-state index in [1.165, 1.54) is 5.56 Å². The van der Waals surface area contributed by atoms with Gasteiger partial charge in [-0.2, -0.15) is 0 Å². The van der Waals surface area contributed by atoms with Gasteiger partial charge in [-0.1, -0.05) is 35.9 Å². The molecular weight excluding hydrogens is 276 g/mol. The maximum atomic E-state index is 6.16. The molecule has 3 rings (SSSR count). The molecule has 1 heterocycles. The van der Waals surface area contributed by atoms with Crippen LogP contribution >= 0.6 is 23.4 Å². The first-order valence-electron chi connectivity index (χ1n) is 6.10. The Morgan fingerprint density at radius 1 is 1.21 bits per heavy atom. The van der Waals surface area contributed by atoms with E-state index in [2.05, 4.69) is 41.2 Å². The summed E-state index contributed by atoms with van der Waals surface area (Å²) in [4.78, 5) is 6.77. The minimum absolute atomic E-state index is 0.821. The Morgan fingerprint density at radius 3 is 2.89 bits per heavy atom. The second-order valence-electron chi connectivity index (χ2n) is 4.51. The smallest absolute Gasteiger partial charge is 0.231 e. The summed E-state index contributed by atoms with van der Waals surface area (Å²) >= 11 is 7.88. The highest BCUT2D eigenvalue weighted by atomic mass is 35.5. The molecule has 0 atom stereocenters. The number of fused-ring (bicyclic) bond motifs is 1. The first kappa shape index (κ1) is 12.6. The molecule has 0 bridgehead atoms. The maximum absolute atomic E-state index is 6.16. The van der Waals surface area contributed by atoms with E-state index < -0.39 is 0 Å². The van der Waals surface area contributed by atoms with Crippen molar-refractivity contribution < 1.29 is 4.98 Å². The fourth-order valence-corrected chi connectivity index (χ4v) is 3.18. The van der Waals surface area contributed by atoms with Crippen molar-refractivity contribution in [2.45, 2.75) is 17.8 Å². The van der Waals surface area contributed by atoms with Crippen molar-refractivity contribution in [3.63, 3.8) is 0 Å². The van der Waals surface area contributed by atoms with Gasteiger partial charge in [0.15, 0.2) is 11.0 Å². The lowest BCUT2D eigenvalue weighted by molar-refractivity contribution is -0.396. The minimum atomic E-state index is 0.821. The van der Waals surface area contributed by atoms with E-state index in [0.29, 0.717) is 0 Å². The average Bonchev–Trinajstić information content (AvgIpc) is 2.79. The van der Waals surface area contributed by atoms with Gasteiger partial charge in [-0.3, -0.25) is 0 Å². The Hall–Kier alpha value is -1.45. The van der Waals surface area contributed by atoms with Gasteiger partial charge >= 0.3 is 5.16 Å². The lowest BCUT2D eigenvalue weighted by Crippen LogP contribution is -2.01. The molecule has 0 aliphatic carbocycles. The highest BCUT2D eigenvalue weighted by Crippen LogP contribution is 2.24. The first-order chi connectivity index (χ1) is 9.22. The van der Waals surface area contributed by atoms with Crippen LogP contribution in [0.15, 0.2) is 47.6 Å². The van der Waals surface area contributed by atoms with Gasteiger partial charge in [-0.25, -0.2) is 9.97 Å². The van der Waals surface area contributed by atoms with Crippen LogP contribution in [-0.4, -0.2) is 4.98 Å². The molecule has 0 unspecified atom stereocenters. The van der Waals surface area contributed by atoms with Gasteiger partial charge in [0.25, 0.3) is 0 Å². The largest absolute Gasteiger partial charge is 0.314 e. The van der Waals surface area contributed by atoms with E-state index >= 15 is 0 Å². The number of nitrogens with one attached hydrogen (secondary N) is 2. The molecule has 0 saturated carbocycles. The summed E-state index contributed by atoms with van der Waals surface area (Å²) in [5.74, 6) is 0.849. The second-order valence-corrected chi connectivity index (χ2v) is 5.90. The molecule has 2 N–H and O–H groups in total. The number of imidazole rings is 1. The van der Waals surface area contributed by atoms with Gasteiger partial charge in [0.1, 0.15) is 0 Å². The van der Waals surface area contributed by atoms with E-state index in [1.54, 1.807) is 11.8 Å². The van der Waals surface area contributed by atoms with Crippen molar-refractivity contribution in [3.8, 4) is 0 Å². The zero-order valence-electron chi connectivity index (χ0n) is 10.5. The molecule has 0 aliphatic heterocycles. The van der Waals surface area contributed by atoms with E-state index in [1.807, 2.05) is 18.2 Å². The van der Waals surface area contributed by atoms with E-state index in [9.17, 15) is 0 Å². The third-order valence-corrected chi connectivity index (χ3v) is 4.32. The van der Waals surface area contributed by atoms with Crippen LogP contribution in [0.5, 0.6) is 0 Å². The molecule has 1 aromatic heterocycles. The molecule has 0 radical (unpaired) electrons. The Bertz CT molecular complexity index is 721. The Labute approximate surface area is 121 Å². The van der Waals surface area contributed by atoms with Crippen LogP contribution in [0.4, 0.5) is 0 Å². The van der Waals surface area contributed by atoms with Gasteiger partial charge in [-0.15, -0.1) is 0 Å². The van der Waals surface area contributed by atoms with Crippen LogP contribution < -0.4 is 4.98 Å². The molecule has 2 nitrogen and oxygen atoms in total. The van der Waals surface area contributed by atoms with Gasteiger partial charge in [-0.05, 0) is 48.0 Å². The monoisotopic (exact) mass is 289 g/mol. The number of aryl methyl sites for hydroxylation is 1. The summed E-state index contributed by atoms with van der Waals surface area (Å²) in [5.41, 5.74) is 4.68. The van der Waals surface area contributed by atoms with Crippen molar-refractivity contribution in [2.24, 2.45) is 0 Å². The summed E-state index contributed by atoms with van der Waals surface area (Å²) in [6, 6.07) is 14.3. The number of H-pyrrole nitrogens is 2. The van der Waals surface area contributed by atoms with Gasteiger partial charge in [0.05, 0.1) is 0 Å². The molecule has 0 saturated heterocycles. The highest BCUT2D eigenvalue weighted by molar-refractivity contribution is 7.98. The predicted octanol–water partition coefficient (Wildman–Crippen LogP) is 4.24. The summed E-state index contributed by atoms with van der Waals surface area (Å²) in [6.45, 7) is 2.09. The minimum Gasteiger partial charge on any atom is -0.231 e. The Balaban J connectivity index is 1.80. The fraction of sp³-hybridized carbons (Fsp3) is 0.133. The molecular formula is C15H14ClN2S+. The van der Waals surface area contributed by atoms with E-state index in [-0.39, 0.29) is 0 Å². The Kier molecular flexibility index (Phi) is 3.49. The lowest BCUT2D eigenvalue weighted by Gasteiger charge is -1.99. The number of aromatic amines is 2. The summed E-state index contributed by atoms with van der Waals surface area (Å²) < 4.78 is 0. The van der Waals surface area contributed by atoms with E-state index in [4.69, 9.17) is 11.6 Å². The van der Waals surface area contributed by atoms with Crippen molar-refractivity contribution in [2.75, 3.05) is 0 Å². The van der Waals surface area contributed by atoms with Crippen LogP contribution in [-0.2, 0) is 5.75 Å². The fourth-order valence-electron chi connectivity index (χ4n) is 1.98.